The molecule has 0 aromatic heterocycles. The van der Waals surface area contributed by atoms with Gasteiger partial charge in [-0.1, -0.05) is 20.8 Å². The normalized spacial score (nSPS) is 20.7. The summed E-state index contributed by atoms with van der Waals surface area (Å²) < 4.78 is 11.4. The third kappa shape index (κ3) is 3.16. The number of ether oxygens (including phenoxy) is 2. The van der Waals surface area contributed by atoms with E-state index in [0.717, 1.165) is 37.2 Å². The molecule has 0 radical (unpaired) electrons. The minimum Gasteiger partial charge on any atom is -0.508 e. The lowest BCUT2D eigenvalue weighted by molar-refractivity contribution is -0.105. The Hall–Kier alpha value is -1.22. The average Bonchev–Trinajstić information content (AvgIpc) is 2.31. The predicted octanol–water partition coefficient (Wildman–Crippen LogP) is 3.60. The molecule has 100 valence electrons. The number of aromatic hydroxyl groups is 1. The van der Waals surface area contributed by atoms with Crippen molar-refractivity contribution in [3.63, 3.8) is 0 Å². The van der Waals surface area contributed by atoms with E-state index in [0.29, 0.717) is 5.75 Å². The second-order valence-corrected chi connectivity index (χ2v) is 5.84. The van der Waals surface area contributed by atoms with Crippen molar-refractivity contribution in [1.29, 1.82) is 0 Å². The van der Waals surface area contributed by atoms with E-state index in [-0.39, 0.29) is 11.7 Å². The first-order valence-corrected chi connectivity index (χ1v) is 6.58. The summed E-state index contributed by atoms with van der Waals surface area (Å²) in [7, 11) is 0. The van der Waals surface area contributed by atoms with Crippen LogP contribution in [0, 0.1) is 0 Å². The molecule has 1 N–H and O–H groups in total. The molecule has 0 spiro atoms. The molecule has 2 rings (SSSR count). The van der Waals surface area contributed by atoms with Gasteiger partial charge in [0.25, 0.3) is 0 Å². The Balaban J connectivity index is 2.14. The van der Waals surface area contributed by atoms with Gasteiger partial charge in [-0.3, -0.25) is 0 Å². The fourth-order valence-corrected chi connectivity index (χ4v) is 2.15. The minimum absolute atomic E-state index is 0.100. The van der Waals surface area contributed by atoms with Crippen LogP contribution in [0.4, 0.5) is 0 Å². The lowest BCUT2D eigenvalue weighted by atomic mass is 9.86. The molecule has 0 bridgehead atoms. The van der Waals surface area contributed by atoms with Crippen molar-refractivity contribution in [2.45, 2.75) is 51.7 Å². The predicted molar refractivity (Wildman–Crippen MR) is 71.0 cm³/mol. The van der Waals surface area contributed by atoms with Gasteiger partial charge in [0.2, 0.25) is 0 Å². The maximum Gasteiger partial charge on any atom is 0.199 e. The fraction of sp³-hybridized carbons (Fsp3) is 0.600. The molecule has 0 aliphatic carbocycles. The molecule has 1 aliphatic rings. The standard InChI is InChI=1S/C15H22O3/c1-15(2,3)12-10-11(7-8-13(12)16)18-14-6-4-5-9-17-14/h7-8,10,14,16H,4-6,9H2,1-3H3. The third-order valence-corrected chi connectivity index (χ3v) is 3.18. The Bertz CT molecular complexity index is 401. The van der Waals surface area contributed by atoms with Crippen LogP contribution in [0.5, 0.6) is 11.5 Å². The molecule has 1 aromatic carbocycles. The first-order valence-electron chi connectivity index (χ1n) is 6.58. The molecule has 1 aliphatic heterocycles. The highest BCUT2D eigenvalue weighted by Gasteiger charge is 2.20. The van der Waals surface area contributed by atoms with E-state index in [2.05, 4.69) is 20.8 Å². The van der Waals surface area contributed by atoms with E-state index in [1.54, 1.807) is 12.1 Å². The molecule has 1 heterocycles. The molecule has 18 heavy (non-hydrogen) atoms. The van der Waals surface area contributed by atoms with Gasteiger partial charge in [-0.05, 0) is 36.5 Å². The largest absolute Gasteiger partial charge is 0.508 e. The number of hydrogen-bond acceptors (Lipinski definition) is 3. The van der Waals surface area contributed by atoms with Crippen LogP contribution < -0.4 is 4.74 Å². The zero-order valence-electron chi connectivity index (χ0n) is 11.4. The van der Waals surface area contributed by atoms with Crippen LogP contribution >= 0.6 is 0 Å². The van der Waals surface area contributed by atoms with Crippen LogP contribution in [0.2, 0.25) is 0 Å². The fourth-order valence-electron chi connectivity index (χ4n) is 2.15. The molecule has 1 saturated heterocycles. The number of benzene rings is 1. The first kappa shape index (κ1) is 13.2. The molecule has 0 amide bonds. The quantitative estimate of drug-likeness (QED) is 0.871. The number of hydrogen-bond donors (Lipinski definition) is 1. The lowest BCUT2D eigenvalue weighted by Crippen LogP contribution is -2.25. The Morgan fingerprint density at radius 2 is 2.06 bits per heavy atom. The molecular formula is C15H22O3. The first-order chi connectivity index (χ1) is 8.47. The summed E-state index contributed by atoms with van der Waals surface area (Å²) in [5, 5.41) is 9.89. The van der Waals surface area contributed by atoms with Gasteiger partial charge >= 0.3 is 0 Å². The van der Waals surface area contributed by atoms with Gasteiger partial charge in [-0.15, -0.1) is 0 Å². The zero-order valence-corrected chi connectivity index (χ0v) is 11.4. The minimum atomic E-state index is -0.142. The summed E-state index contributed by atoms with van der Waals surface area (Å²) in [5.41, 5.74) is 0.799. The Morgan fingerprint density at radius 1 is 1.28 bits per heavy atom. The Morgan fingerprint density at radius 3 is 2.67 bits per heavy atom. The molecule has 1 unspecified atom stereocenters. The highest BCUT2D eigenvalue weighted by molar-refractivity contribution is 5.43. The average molecular weight is 250 g/mol. The smallest absolute Gasteiger partial charge is 0.199 e. The SMILES string of the molecule is CC(C)(C)c1cc(OC2CCCCO2)ccc1O. The van der Waals surface area contributed by atoms with E-state index in [4.69, 9.17) is 9.47 Å². The van der Waals surface area contributed by atoms with Crippen molar-refractivity contribution in [2.75, 3.05) is 6.61 Å². The molecule has 1 atom stereocenters. The van der Waals surface area contributed by atoms with Crippen LogP contribution in [0.3, 0.4) is 0 Å². The molecule has 3 nitrogen and oxygen atoms in total. The van der Waals surface area contributed by atoms with Gasteiger partial charge in [0.15, 0.2) is 6.29 Å². The second kappa shape index (κ2) is 5.19. The number of phenolic OH excluding ortho intramolecular Hbond substituents is 1. The van der Waals surface area contributed by atoms with Crippen LogP contribution in [-0.4, -0.2) is 18.0 Å². The van der Waals surface area contributed by atoms with Gasteiger partial charge < -0.3 is 14.6 Å². The monoisotopic (exact) mass is 250 g/mol. The summed E-state index contributed by atoms with van der Waals surface area (Å²) in [6.45, 7) is 6.99. The van der Waals surface area contributed by atoms with Crippen LogP contribution in [0.1, 0.15) is 45.6 Å². The highest BCUT2D eigenvalue weighted by Crippen LogP contribution is 2.34. The molecular weight excluding hydrogens is 228 g/mol. The lowest BCUT2D eigenvalue weighted by Gasteiger charge is -2.25. The van der Waals surface area contributed by atoms with Crippen LogP contribution in [-0.2, 0) is 10.2 Å². The summed E-state index contributed by atoms with van der Waals surface area (Å²) in [6.07, 6.45) is 3.06. The van der Waals surface area contributed by atoms with Gasteiger partial charge in [0.1, 0.15) is 11.5 Å². The van der Waals surface area contributed by atoms with Gasteiger partial charge in [0, 0.05) is 12.0 Å². The second-order valence-electron chi connectivity index (χ2n) is 5.84. The number of phenols is 1. The van der Waals surface area contributed by atoms with E-state index in [1.807, 2.05) is 6.07 Å². The van der Waals surface area contributed by atoms with Crippen molar-refractivity contribution in [3.8, 4) is 11.5 Å². The van der Waals surface area contributed by atoms with Crippen molar-refractivity contribution >= 4 is 0 Å². The molecule has 1 aromatic rings. The van der Waals surface area contributed by atoms with E-state index < -0.39 is 0 Å². The van der Waals surface area contributed by atoms with Crippen molar-refractivity contribution < 1.29 is 14.6 Å². The maximum atomic E-state index is 9.89. The number of rotatable bonds is 2. The van der Waals surface area contributed by atoms with Gasteiger partial charge in [-0.25, -0.2) is 0 Å². The summed E-state index contributed by atoms with van der Waals surface area (Å²) >= 11 is 0. The Labute approximate surface area is 109 Å². The van der Waals surface area contributed by atoms with E-state index in [1.165, 1.54) is 0 Å². The summed E-state index contributed by atoms with van der Waals surface area (Å²) in [5.74, 6) is 1.09. The topological polar surface area (TPSA) is 38.7 Å². The van der Waals surface area contributed by atoms with Gasteiger partial charge in [-0.2, -0.15) is 0 Å². The van der Waals surface area contributed by atoms with Crippen molar-refractivity contribution in [1.82, 2.24) is 0 Å². The van der Waals surface area contributed by atoms with Crippen molar-refractivity contribution in [3.05, 3.63) is 23.8 Å². The van der Waals surface area contributed by atoms with E-state index >= 15 is 0 Å². The zero-order chi connectivity index (χ0) is 13.2. The van der Waals surface area contributed by atoms with Crippen molar-refractivity contribution in [2.24, 2.45) is 0 Å². The molecule has 3 heteroatoms. The molecule has 0 saturated carbocycles. The Kier molecular flexibility index (Phi) is 3.81. The van der Waals surface area contributed by atoms with Gasteiger partial charge in [0.05, 0.1) is 6.61 Å². The third-order valence-electron chi connectivity index (χ3n) is 3.18. The highest BCUT2D eigenvalue weighted by atomic mass is 16.7. The van der Waals surface area contributed by atoms with Crippen LogP contribution in [0.15, 0.2) is 18.2 Å². The van der Waals surface area contributed by atoms with E-state index in [9.17, 15) is 5.11 Å². The summed E-state index contributed by atoms with van der Waals surface area (Å²) in [4.78, 5) is 0. The van der Waals surface area contributed by atoms with Crippen LogP contribution in [0.25, 0.3) is 0 Å². The maximum absolute atomic E-state index is 9.89. The molecule has 1 fully saturated rings. The summed E-state index contributed by atoms with van der Waals surface area (Å²) in [6, 6.07) is 5.40.